The fourth-order valence-electron chi connectivity index (χ4n) is 5.96. The second kappa shape index (κ2) is 9.32. The molecular weight excluding hydrogens is 478 g/mol. The van der Waals surface area contributed by atoms with Crippen LogP contribution in [0.5, 0.6) is 11.5 Å². The Bertz CT molecular complexity index is 1290. The minimum Gasteiger partial charge on any atom is -0.459 e. The van der Waals surface area contributed by atoms with Crippen LogP contribution in [0.15, 0.2) is 65.0 Å². The van der Waals surface area contributed by atoms with Gasteiger partial charge in [0.05, 0.1) is 5.57 Å². The molecule has 2 aliphatic carbocycles. The molecule has 4 aliphatic rings. The molecule has 1 saturated carbocycles. The van der Waals surface area contributed by atoms with Crippen molar-refractivity contribution in [1.29, 1.82) is 0 Å². The van der Waals surface area contributed by atoms with Crippen LogP contribution in [0.3, 0.4) is 0 Å². The van der Waals surface area contributed by atoms with Gasteiger partial charge < -0.3 is 19.5 Å². The van der Waals surface area contributed by atoms with E-state index < -0.39 is 11.9 Å². The van der Waals surface area contributed by atoms with Crippen LogP contribution in [-0.2, 0) is 14.3 Å². The van der Waals surface area contributed by atoms with Crippen LogP contribution in [-0.4, -0.2) is 24.6 Å². The van der Waals surface area contributed by atoms with E-state index in [1.54, 1.807) is 12.1 Å². The largest absolute Gasteiger partial charge is 0.459 e. The summed E-state index contributed by atoms with van der Waals surface area (Å²) in [7, 11) is 0. The summed E-state index contributed by atoms with van der Waals surface area (Å²) in [5, 5.41) is 3.84. The Labute approximate surface area is 215 Å². The summed E-state index contributed by atoms with van der Waals surface area (Å²) in [5.74, 6) is 0.160. The van der Waals surface area contributed by atoms with Crippen LogP contribution >= 0.6 is 11.6 Å². The van der Waals surface area contributed by atoms with Crippen molar-refractivity contribution < 1.29 is 23.8 Å². The van der Waals surface area contributed by atoms with Gasteiger partial charge in [0.1, 0.15) is 6.10 Å². The molecule has 186 valence electrons. The zero-order valence-electron chi connectivity index (χ0n) is 20.1. The summed E-state index contributed by atoms with van der Waals surface area (Å²) in [6, 6.07) is 13.6. The van der Waals surface area contributed by atoms with Crippen molar-refractivity contribution in [2.45, 2.75) is 63.4 Å². The number of hydrogen-bond donors (Lipinski definition) is 1. The molecule has 2 aromatic rings. The van der Waals surface area contributed by atoms with Gasteiger partial charge in [-0.3, -0.25) is 4.79 Å². The molecule has 2 aromatic carbocycles. The van der Waals surface area contributed by atoms with Crippen LogP contribution in [0.25, 0.3) is 0 Å². The minimum atomic E-state index is -0.638. The molecule has 2 aliphatic heterocycles. The number of ether oxygens (including phenoxy) is 3. The van der Waals surface area contributed by atoms with Crippen LogP contribution in [0.1, 0.15) is 68.4 Å². The topological polar surface area (TPSA) is 73.9 Å². The van der Waals surface area contributed by atoms with Crippen LogP contribution in [0.4, 0.5) is 0 Å². The molecule has 0 spiro atoms. The predicted octanol–water partition coefficient (Wildman–Crippen LogP) is 5.92. The number of hydrogen-bond acceptors (Lipinski definition) is 6. The molecule has 0 bridgehead atoms. The fourth-order valence-corrected chi connectivity index (χ4v) is 6.22. The number of benzene rings is 2. The molecule has 7 heteroatoms. The molecule has 6 nitrogen and oxygen atoms in total. The van der Waals surface area contributed by atoms with E-state index in [1.165, 1.54) is 0 Å². The summed E-state index contributed by atoms with van der Waals surface area (Å²) in [5.41, 5.74) is 4.34. The minimum absolute atomic E-state index is 0.00926. The van der Waals surface area contributed by atoms with Crippen molar-refractivity contribution in [2.75, 3.05) is 6.79 Å². The van der Waals surface area contributed by atoms with E-state index in [9.17, 15) is 9.59 Å². The first-order chi connectivity index (χ1) is 17.5. The molecule has 2 unspecified atom stereocenters. The average Bonchev–Trinajstić information content (AvgIpc) is 3.54. The number of halogens is 1. The lowest BCUT2D eigenvalue weighted by Crippen LogP contribution is -2.36. The fraction of sp³-hybridized carbons (Fsp3) is 0.379. The SMILES string of the molecule is CC1=C(C(=O)OC2CCCC2)C(c2cc3c(cc2Cl)OCO3)C2=C(CC(c3ccccc3)CC2=O)N1. The van der Waals surface area contributed by atoms with E-state index in [1.807, 2.05) is 25.1 Å². The maximum absolute atomic E-state index is 13.8. The van der Waals surface area contributed by atoms with Gasteiger partial charge in [0, 0.05) is 40.4 Å². The molecule has 36 heavy (non-hydrogen) atoms. The Morgan fingerprint density at radius 2 is 1.78 bits per heavy atom. The van der Waals surface area contributed by atoms with Gasteiger partial charge in [-0.1, -0.05) is 41.9 Å². The summed E-state index contributed by atoms with van der Waals surface area (Å²) < 4.78 is 17.1. The van der Waals surface area contributed by atoms with Crippen molar-refractivity contribution in [3.05, 3.63) is 81.2 Å². The van der Waals surface area contributed by atoms with E-state index in [4.69, 9.17) is 25.8 Å². The third kappa shape index (κ3) is 4.07. The number of allylic oxidation sites excluding steroid dienone is 3. The monoisotopic (exact) mass is 505 g/mol. The average molecular weight is 506 g/mol. The smallest absolute Gasteiger partial charge is 0.337 e. The van der Waals surface area contributed by atoms with E-state index >= 15 is 0 Å². The van der Waals surface area contributed by atoms with Gasteiger partial charge in [-0.05, 0) is 62.1 Å². The maximum atomic E-state index is 13.8. The maximum Gasteiger partial charge on any atom is 0.337 e. The summed E-state index contributed by atoms with van der Waals surface area (Å²) in [6.45, 7) is 1.98. The Hall–Kier alpha value is -3.25. The number of carbonyl (C=O) groups excluding carboxylic acids is 2. The van der Waals surface area contributed by atoms with Crippen molar-refractivity contribution in [2.24, 2.45) is 0 Å². The quantitative estimate of drug-likeness (QED) is 0.520. The van der Waals surface area contributed by atoms with Gasteiger partial charge in [0.2, 0.25) is 6.79 Å². The molecular formula is C29H28ClNO5. The summed E-state index contributed by atoms with van der Waals surface area (Å²) in [6.07, 6.45) is 4.80. The Morgan fingerprint density at radius 1 is 1.06 bits per heavy atom. The summed E-state index contributed by atoms with van der Waals surface area (Å²) >= 11 is 6.77. The third-order valence-corrected chi connectivity index (χ3v) is 8.02. The Balaban J connectivity index is 1.44. The lowest BCUT2D eigenvalue weighted by atomic mass is 9.71. The highest BCUT2D eigenvalue weighted by molar-refractivity contribution is 6.32. The molecule has 0 amide bonds. The standard InChI is InChI=1S/C29H28ClNO5/c1-16-26(29(33)36-19-9-5-6-10-19)27(20-13-24-25(14-21(20)30)35-15-34-24)28-22(31-16)11-18(12-23(28)32)17-7-3-2-4-8-17/h2-4,7-8,13-14,18-19,27,31H,5-6,9-12,15H2,1H3. The third-order valence-electron chi connectivity index (χ3n) is 7.70. The first kappa shape index (κ1) is 23.2. The lowest BCUT2D eigenvalue weighted by Gasteiger charge is -2.37. The number of rotatable bonds is 4. The van der Waals surface area contributed by atoms with Crippen LogP contribution < -0.4 is 14.8 Å². The molecule has 6 rings (SSSR count). The van der Waals surface area contributed by atoms with Gasteiger partial charge >= 0.3 is 5.97 Å². The number of Topliss-reactive ketones (excluding diaryl/α,β-unsaturated/α-hetero) is 1. The first-order valence-electron chi connectivity index (χ1n) is 12.6. The highest BCUT2D eigenvalue weighted by Crippen LogP contribution is 2.49. The highest BCUT2D eigenvalue weighted by atomic mass is 35.5. The molecule has 1 N–H and O–H groups in total. The van der Waals surface area contributed by atoms with Gasteiger partial charge in [0.25, 0.3) is 0 Å². The van der Waals surface area contributed by atoms with Gasteiger partial charge in [-0.25, -0.2) is 4.79 Å². The number of fused-ring (bicyclic) bond motifs is 1. The second-order valence-corrected chi connectivity index (χ2v) is 10.4. The van der Waals surface area contributed by atoms with E-state index in [0.717, 1.165) is 36.9 Å². The number of dihydropyridines is 1. The number of nitrogens with one attached hydrogen (secondary N) is 1. The van der Waals surface area contributed by atoms with Crippen LogP contribution in [0.2, 0.25) is 5.02 Å². The molecule has 2 heterocycles. The lowest BCUT2D eigenvalue weighted by molar-refractivity contribution is -0.144. The molecule has 2 atom stereocenters. The predicted molar refractivity (Wildman–Crippen MR) is 135 cm³/mol. The second-order valence-electron chi connectivity index (χ2n) is 9.97. The van der Waals surface area contributed by atoms with Gasteiger partial charge in [0.15, 0.2) is 17.3 Å². The highest BCUT2D eigenvalue weighted by Gasteiger charge is 2.43. The Morgan fingerprint density at radius 3 is 2.53 bits per heavy atom. The zero-order chi connectivity index (χ0) is 24.8. The van der Waals surface area contributed by atoms with Crippen molar-refractivity contribution in [3.63, 3.8) is 0 Å². The van der Waals surface area contributed by atoms with Crippen LogP contribution in [0, 0.1) is 0 Å². The van der Waals surface area contributed by atoms with Crippen molar-refractivity contribution >= 4 is 23.4 Å². The van der Waals surface area contributed by atoms with Gasteiger partial charge in [-0.15, -0.1) is 0 Å². The zero-order valence-corrected chi connectivity index (χ0v) is 20.9. The Kier molecular flexibility index (Phi) is 6.00. The van der Waals surface area contributed by atoms with E-state index in [2.05, 4.69) is 17.4 Å². The number of ketones is 1. The van der Waals surface area contributed by atoms with Crippen molar-refractivity contribution in [3.8, 4) is 11.5 Å². The summed E-state index contributed by atoms with van der Waals surface area (Å²) in [4.78, 5) is 27.4. The first-order valence-corrected chi connectivity index (χ1v) is 13.0. The van der Waals surface area contributed by atoms with E-state index in [0.29, 0.717) is 51.8 Å². The molecule has 0 radical (unpaired) electrons. The molecule has 0 aromatic heterocycles. The molecule has 1 fully saturated rings. The van der Waals surface area contributed by atoms with Gasteiger partial charge in [-0.2, -0.15) is 0 Å². The normalized spacial score (nSPS) is 23.6. The van der Waals surface area contributed by atoms with Crippen molar-refractivity contribution in [1.82, 2.24) is 5.32 Å². The number of carbonyl (C=O) groups is 2. The molecule has 0 saturated heterocycles. The van der Waals surface area contributed by atoms with E-state index in [-0.39, 0.29) is 24.6 Å². The number of esters is 1.